The number of hydrogen-bond donors (Lipinski definition) is 1. The van der Waals surface area contributed by atoms with Crippen molar-refractivity contribution in [1.29, 1.82) is 0 Å². The number of unbranched alkanes of at least 4 members (excludes halogenated alkanes) is 4. The van der Waals surface area contributed by atoms with E-state index in [0.717, 1.165) is 100 Å². The summed E-state index contributed by atoms with van der Waals surface area (Å²) in [6, 6.07) is 22.6. The lowest BCUT2D eigenvalue weighted by Gasteiger charge is -2.40. The minimum atomic E-state index is -1.15. The molecular formula is C39H57N3O3. The molecule has 0 bridgehead atoms. The molecule has 0 amide bonds. The highest BCUT2D eigenvalue weighted by Gasteiger charge is 2.42. The average molecular weight is 616 g/mol. The molecule has 0 spiro atoms. The lowest BCUT2D eigenvalue weighted by Crippen LogP contribution is -2.37. The monoisotopic (exact) mass is 615 g/mol. The summed E-state index contributed by atoms with van der Waals surface area (Å²) in [6.07, 6.45) is 8.92. The Morgan fingerprint density at radius 1 is 0.689 bits per heavy atom. The second-order valence-corrected chi connectivity index (χ2v) is 12.3. The number of ether oxygens (including phenoxy) is 1. The molecule has 1 atom stereocenters. The van der Waals surface area contributed by atoms with Gasteiger partial charge in [-0.2, -0.15) is 0 Å². The van der Waals surface area contributed by atoms with E-state index in [9.17, 15) is 9.90 Å². The van der Waals surface area contributed by atoms with E-state index < -0.39 is 11.6 Å². The third-order valence-electron chi connectivity index (χ3n) is 8.81. The molecule has 45 heavy (non-hydrogen) atoms. The Morgan fingerprint density at radius 2 is 1.20 bits per heavy atom. The Morgan fingerprint density at radius 3 is 1.69 bits per heavy atom. The second kappa shape index (κ2) is 17.8. The van der Waals surface area contributed by atoms with Crippen LogP contribution in [0.15, 0.2) is 66.7 Å². The van der Waals surface area contributed by atoms with E-state index >= 15 is 0 Å². The van der Waals surface area contributed by atoms with Crippen LogP contribution in [0.1, 0.15) is 106 Å². The number of carboxylic acid groups (broad SMARTS) is 1. The lowest BCUT2D eigenvalue weighted by atomic mass is 9.76. The van der Waals surface area contributed by atoms with Crippen LogP contribution >= 0.6 is 0 Å². The topological polar surface area (TPSA) is 56.3 Å². The van der Waals surface area contributed by atoms with Crippen molar-refractivity contribution in [2.45, 2.75) is 84.7 Å². The van der Waals surface area contributed by atoms with Crippen LogP contribution in [0.5, 0.6) is 0 Å². The Kier molecular flexibility index (Phi) is 14.3. The Labute approximate surface area is 273 Å². The van der Waals surface area contributed by atoms with E-state index in [2.05, 4.69) is 67.8 Å². The maximum atomic E-state index is 13.0. The molecule has 0 radical (unpaired) electrons. The fourth-order valence-corrected chi connectivity index (χ4v) is 6.16. The zero-order chi connectivity index (χ0) is 32.8. The summed E-state index contributed by atoms with van der Waals surface area (Å²) in [5.41, 5.74) is 4.76. The predicted octanol–water partition coefficient (Wildman–Crippen LogP) is 9.20. The molecular weight excluding hydrogens is 558 g/mol. The molecule has 6 heteroatoms. The zero-order valence-electron chi connectivity index (χ0n) is 28.9. The highest BCUT2D eigenvalue weighted by atomic mass is 16.5. The maximum absolute atomic E-state index is 13.0. The number of aromatic carboxylic acids is 1. The predicted molar refractivity (Wildman–Crippen MR) is 192 cm³/mol. The van der Waals surface area contributed by atoms with Gasteiger partial charge in [-0.25, -0.2) is 4.79 Å². The van der Waals surface area contributed by atoms with Crippen molar-refractivity contribution in [2.24, 2.45) is 0 Å². The van der Waals surface area contributed by atoms with Crippen molar-refractivity contribution in [3.63, 3.8) is 0 Å². The van der Waals surface area contributed by atoms with Crippen molar-refractivity contribution >= 4 is 23.0 Å². The first-order valence-electron chi connectivity index (χ1n) is 17.1. The van der Waals surface area contributed by atoms with Crippen LogP contribution in [0.2, 0.25) is 0 Å². The highest BCUT2D eigenvalue weighted by molar-refractivity contribution is 5.92. The van der Waals surface area contributed by atoms with Gasteiger partial charge in [0.05, 0.1) is 5.56 Å². The first-order chi connectivity index (χ1) is 21.8. The number of nitrogens with zero attached hydrogens (tertiary/aromatic N) is 3. The normalized spacial score (nSPS) is 12.5. The standard InChI is InChI=1S/C39H57N3O3/c1-8-12-25-41(26-13-9-2)33-22-24-36(37(30-33)42(27-14-10-3)28-15-11-4)39(45-7,31-19-17-16-18-20-31)35-23-21-32(40(5)6)29-34(35)38(43)44/h16-24,29-30H,8-15,25-28H2,1-7H3,(H,43,44). The molecule has 0 aliphatic rings. The van der Waals surface area contributed by atoms with Crippen molar-refractivity contribution < 1.29 is 14.6 Å². The summed E-state index contributed by atoms with van der Waals surface area (Å²) in [5, 5.41) is 10.6. The highest BCUT2D eigenvalue weighted by Crippen LogP contribution is 2.47. The Balaban J connectivity index is 2.45. The first kappa shape index (κ1) is 36.0. The van der Waals surface area contributed by atoms with Crippen molar-refractivity contribution in [3.05, 3.63) is 89.0 Å². The molecule has 246 valence electrons. The van der Waals surface area contributed by atoms with E-state index in [4.69, 9.17) is 4.74 Å². The maximum Gasteiger partial charge on any atom is 0.336 e. The summed E-state index contributed by atoms with van der Waals surface area (Å²) in [5.74, 6) is -0.969. The van der Waals surface area contributed by atoms with Crippen LogP contribution in [0.3, 0.4) is 0 Å². The van der Waals surface area contributed by atoms with Crippen molar-refractivity contribution in [1.82, 2.24) is 0 Å². The lowest BCUT2D eigenvalue weighted by molar-refractivity contribution is 0.0539. The molecule has 3 rings (SSSR count). The second-order valence-electron chi connectivity index (χ2n) is 12.3. The van der Waals surface area contributed by atoms with Crippen LogP contribution in [-0.2, 0) is 10.3 Å². The minimum Gasteiger partial charge on any atom is -0.478 e. The van der Waals surface area contributed by atoms with Gasteiger partial charge >= 0.3 is 5.97 Å². The molecule has 0 fully saturated rings. The fraction of sp³-hybridized carbons (Fsp3) is 0.513. The Hall–Kier alpha value is -3.51. The smallest absolute Gasteiger partial charge is 0.336 e. The van der Waals surface area contributed by atoms with E-state index in [1.807, 2.05) is 49.3 Å². The van der Waals surface area contributed by atoms with E-state index in [0.29, 0.717) is 5.56 Å². The summed E-state index contributed by atoms with van der Waals surface area (Å²) in [7, 11) is 5.58. The minimum absolute atomic E-state index is 0.239. The van der Waals surface area contributed by atoms with Gasteiger partial charge in [-0.15, -0.1) is 0 Å². The summed E-state index contributed by atoms with van der Waals surface area (Å²) in [6.45, 7) is 12.9. The molecule has 0 aromatic heterocycles. The molecule has 0 aliphatic heterocycles. The van der Waals surface area contributed by atoms with Crippen molar-refractivity contribution in [3.8, 4) is 0 Å². The molecule has 3 aromatic rings. The third-order valence-corrected chi connectivity index (χ3v) is 8.81. The van der Waals surface area contributed by atoms with Crippen molar-refractivity contribution in [2.75, 3.05) is 62.1 Å². The number of carboxylic acids is 1. The SMILES string of the molecule is CCCCN(CCCC)c1ccc(C(OC)(c2ccccc2)c2ccc(N(C)C)cc2C(=O)O)c(N(CCCC)CCCC)c1. The number of hydrogen-bond acceptors (Lipinski definition) is 5. The molecule has 3 aromatic carbocycles. The summed E-state index contributed by atoms with van der Waals surface area (Å²) < 4.78 is 6.70. The Bertz CT molecular complexity index is 1310. The van der Waals surface area contributed by atoms with Gasteiger partial charge < -0.3 is 24.5 Å². The number of anilines is 3. The van der Waals surface area contributed by atoms with E-state index in [1.54, 1.807) is 13.2 Å². The molecule has 0 saturated heterocycles. The fourth-order valence-electron chi connectivity index (χ4n) is 6.16. The molecule has 6 nitrogen and oxygen atoms in total. The quantitative estimate of drug-likeness (QED) is 0.128. The van der Waals surface area contributed by atoms with Gasteiger partial charge in [0.2, 0.25) is 0 Å². The van der Waals surface area contributed by atoms with Crippen LogP contribution < -0.4 is 14.7 Å². The van der Waals surface area contributed by atoms with Gasteiger partial charge in [-0.1, -0.05) is 95.8 Å². The van der Waals surface area contributed by atoms with Gasteiger partial charge in [0, 0.05) is 75.6 Å². The molecule has 1 unspecified atom stereocenters. The molecule has 1 N–H and O–H groups in total. The molecule has 0 heterocycles. The van der Waals surface area contributed by atoms with Crippen LogP contribution in [-0.4, -0.2) is 58.5 Å². The molecule has 0 saturated carbocycles. The number of carbonyl (C=O) groups is 1. The molecule has 0 aliphatic carbocycles. The number of methoxy groups -OCH3 is 1. The van der Waals surface area contributed by atoms with E-state index in [-0.39, 0.29) is 5.56 Å². The van der Waals surface area contributed by atoms with Crippen LogP contribution in [0.25, 0.3) is 0 Å². The average Bonchev–Trinajstić information content (AvgIpc) is 3.06. The van der Waals surface area contributed by atoms with Crippen LogP contribution in [0.4, 0.5) is 17.1 Å². The van der Waals surface area contributed by atoms with Gasteiger partial charge in [-0.05, 0) is 55.5 Å². The van der Waals surface area contributed by atoms with E-state index in [1.165, 1.54) is 5.69 Å². The zero-order valence-corrected chi connectivity index (χ0v) is 28.9. The number of benzene rings is 3. The number of rotatable bonds is 20. The van der Waals surface area contributed by atoms with Gasteiger partial charge in [0.25, 0.3) is 0 Å². The van der Waals surface area contributed by atoms with Gasteiger partial charge in [0.1, 0.15) is 5.60 Å². The van der Waals surface area contributed by atoms with Gasteiger partial charge in [0.15, 0.2) is 0 Å². The summed E-state index contributed by atoms with van der Waals surface area (Å²) in [4.78, 5) is 20.0. The van der Waals surface area contributed by atoms with Gasteiger partial charge in [-0.3, -0.25) is 0 Å². The largest absolute Gasteiger partial charge is 0.478 e. The van der Waals surface area contributed by atoms with Crippen LogP contribution in [0, 0.1) is 0 Å². The first-order valence-corrected chi connectivity index (χ1v) is 17.1. The summed E-state index contributed by atoms with van der Waals surface area (Å²) >= 11 is 0. The third kappa shape index (κ3) is 8.61.